The average Bonchev–Trinajstić information content (AvgIpc) is 2.83. The second kappa shape index (κ2) is 5.82. The Hall–Kier alpha value is -2.12. The lowest BCUT2D eigenvalue weighted by atomic mass is 10.1. The van der Waals surface area contributed by atoms with Gasteiger partial charge in [0, 0.05) is 25.8 Å². The molecular formula is C16H20N4O2S. The van der Waals surface area contributed by atoms with Crippen molar-refractivity contribution in [2.75, 3.05) is 23.7 Å². The number of nitrogens with zero attached hydrogens (tertiary/aromatic N) is 3. The van der Waals surface area contributed by atoms with Gasteiger partial charge in [0.15, 0.2) is 0 Å². The number of para-hydroxylation sites is 1. The van der Waals surface area contributed by atoms with Crippen LogP contribution in [-0.2, 0) is 16.6 Å². The Kier molecular flexibility index (Phi) is 3.99. The summed E-state index contributed by atoms with van der Waals surface area (Å²) >= 11 is 0. The molecule has 0 radical (unpaired) electrons. The van der Waals surface area contributed by atoms with E-state index in [0.29, 0.717) is 11.9 Å². The van der Waals surface area contributed by atoms with Gasteiger partial charge in [-0.1, -0.05) is 18.2 Å². The first-order chi connectivity index (χ1) is 10.9. The van der Waals surface area contributed by atoms with Crippen LogP contribution in [-0.4, -0.2) is 37.8 Å². The second-order valence-corrected chi connectivity index (χ2v) is 7.73. The third kappa shape index (κ3) is 3.02. The zero-order valence-electron chi connectivity index (χ0n) is 13.4. The summed E-state index contributed by atoms with van der Waals surface area (Å²) in [5.41, 5.74) is 3.45. The van der Waals surface area contributed by atoms with E-state index >= 15 is 0 Å². The Morgan fingerprint density at radius 3 is 2.61 bits per heavy atom. The molecule has 1 aromatic heterocycles. The number of nitrogens with one attached hydrogen (secondary N) is 1. The van der Waals surface area contributed by atoms with Gasteiger partial charge in [-0.25, -0.2) is 4.98 Å². The van der Waals surface area contributed by atoms with E-state index in [2.05, 4.69) is 33.7 Å². The van der Waals surface area contributed by atoms with Crippen LogP contribution in [0, 0.1) is 0 Å². The molecule has 0 fully saturated rings. The van der Waals surface area contributed by atoms with Crippen LogP contribution >= 0.6 is 0 Å². The van der Waals surface area contributed by atoms with Crippen LogP contribution in [0.25, 0.3) is 0 Å². The summed E-state index contributed by atoms with van der Waals surface area (Å²) in [5, 5.41) is 0. The van der Waals surface area contributed by atoms with Gasteiger partial charge in [-0.05, 0) is 37.1 Å². The molecule has 1 N–H and O–H groups in total. The minimum Gasteiger partial charge on any atom is -0.337 e. The van der Waals surface area contributed by atoms with Gasteiger partial charge >= 0.3 is 10.2 Å². The monoisotopic (exact) mass is 332 g/mol. The average molecular weight is 332 g/mol. The normalized spacial score (nSPS) is 17.4. The lowest BCUT2D eigenvalue weighted by Gasteiger charge is -2.25. The highest BCUT2D eigenvalue weighted by molar-refractivity contribution is 7.90. The minimum atomic E-state index is -3.54. The maximum atomic E-state index is 11.8. The fourth-order valence-corrected chi connectivity index (χ4v) is 3.34. The van der Waals surface area contributed by atoms with E-state index in [9.17, 15) is 8.42 Å². The Bertz CT molecular complexity index is 803. The van der Waals surface area contributed by atoms with Gasteiger partial charge in [-0.3, -0.25) is 4.72 Å². The van der Waals surface area contributed by atoms with Crippen LogP contribution in [0.15, 0.2) is 42.6 Å². The third-order valence-electron chi connectivity index (χ3n) is 3.95. The number of rotatable bonds is 4. The first-order valence-electron chi connectivity index (χ1n) is 7.42. The maximum absolute atomic E-state index is 11.8. The van der Waals surface area contributed by atoms with Gasteiger partial charge < -0.3 is 4.90 Å². The molecule has 1 aromatic carbocycles. The molecule has 23 heavy (non-hydrogen) atoms. The molecule has 0 aliphatic carbocycles. The molecule has 6 nitrogen and oxygen atoms in total. The van der Waals surface area contributed by atoms with Gasteiger partial charge in [0.25, 0.3) is 0 Å². The van der Waals surface area contributed by atoms with E-state index in [1.807, 2.05) is 18.2 Å². The maximum Gasteiger partial charge on any atom is 0.302 e. The Morgan fingerprint density at radius 1 is 1.22 bits per heavy atom. The smallest absolute Gasteiger partial charge is 0.302 e. The van der Waals surface area contributed by atoms with Crippen molar-refractivity contribution in [1.29, 1.82) is 0 Å². The van der Waals surface area contributed by atoms with Gasteiger partial charge in [-0.15, -0.1) is 0 Å². The number of anilines is 3. The number of pyridine rings is 1. The predicted octanol–water partition coefficient (Wildman–Crippen LogP) is 2.38. The number of fused-ring (bicyclic) bond motifs is 1. The lowest BCUT2D eigenvalue weighted by Crippen LogP contribution is -2.29. The van der Waals surface area contributed by atoms with Crippen LogP contribution in [0.4, 0.5) is 17.2 Å². The van der Waals surface area contributed by atoms with Gasteiger partial charge in [0.1, 0.15) is 5.82 Å². The summed E-state index contributed by atoms with van der Waals surface area (Å²) in [7, 11) is -0.592. The topological polar surface area (TPSA) is 65.5 Å². The van der Waals surface area contributed by atoms with Crippen LogP contribution in [0.5, 0.6) is 0 Å². The number of benzene rings is 1. The molecule has 0 saturated carbocycles. The summed E-state index contributed by atoms with van der Waals surface area (Å²) in [6.45, 7) is 2.17. The Labute approximate surface area is 136 Å². The fraction of sp³-hybridized carbons (Fsp3) is 0.312. The first-order valence-corrected chi connectivity index (χ1v) is 8.86. The highest BCUT2D eigenvalue weighted by Gasteiger charge is 2.27. The molecule has 0 bridgehead atoms. The van der Waals surface area contributed by atoms with Crippen LogP contribution in [0.2, 0.25) is 0 Å². The molecule has 2 heterocycles. The Morgan fingerprint density at radius 2 is 1.96 bits per heavy atom. The fourth-order valence-electron chi connectivity index (χ4n) is 2.77. The van der Waals surface area contributed by atoms with Crippen molar-refractivity contribution < 1.29 is 8.42 Å². The molecule has 3 rings (SSSR count). The number of hydrogen-bond donors (Lipinski definition) is 1. The van der Waals surface area contributed by atoms with Crippen LogP contribution < -0.4 is 9.62 Å². The van der Waals surface area contributed by atoms with Gasteiger partial charge in [-0.2, -0.15) is 12.7 Å². The third-order valence-corrected chi connectivity index (χ3v) is 5.38. The quantitative estimate of drug-likeness (QED) is 0.933. The second-order valence-electron chi connectivity index (χ2n) is 5.84. The number of hydrogen-bond acceptors (Lipinski definition) is 4. The number of aromatic nitrogens is 1. The molecule has 7 heteroatoms. The van der Waals surface area contributed by atoms with Gasteiger partial charge in [0.05, 0.1) is 11.9 Å². The van der Waals surface area contributed by atoms with Crippen molar-refractivity contribution in [2.24, 2.45) is 0 Å². The molecule has 1 aliphatic heterocycles. The molecule has 0 saturated heterocycles. The van der Waals surface area contributed by atoms with E-state index in [0.717, 1.165) is 16.4 Å². The highest BCUT2D eigenvalue weighted by atomic mass is 32.2. The molecule has 2 aromatic rings. The molecule has 1 unspecified atom stereocenters. The highest BCUT2D eigenvalue weighted by Crippen LogP contribution is 2.37. The summed E-state index contributed by atoms with van der Waals surface area (Å²) in [6, 6.07) is 12.2. The zero-order chi connectivity index (χ0) is 16.6. The predicted molar refractivity (Wildman–Crippen MR) is 92.2 cm³/mol. The standard InChI is InChI=1S/C16H20N4O2S/c1-12-10-13-6-4-5-7-15(13)20(12)14-8-9-16(17-11-14)18-23(21,22)19(2)3/h4-9,11-12H,10H2,1-3H3,(H,17,18). The summed E-state index contributed by atoms with van der Waals surface area (Å²) in [6.07, 6.45) is 2.69. The molecule has 0 amide bonds. The van der Waals surface area contributed by atoms with Crippen molar-refractivity contribution in [2.45, 2.75) is 19.4 Å². The van der Waals surface area contributed by atoms with Crippen molar-refractivity contribution in [1.82, 2.24) is 9.29 Å². The minimum absolute atomic E-state index is 0.308. The van der Waals surface area contributed by atoms with E-state index in [4.69, 9.17) is 0 Å². The SMILES string of the molecule is CC1Cc2ccccc2N1c1ccc(NS(=O)(=O)N(C)C)nc1. The molecule has 1 aliphatic rings. The van der Waals surface area contributed by atoms with Crippen LogP contribution in [0.1, 0.15) is 12.5 Å². The largest absolute Gasteiger partial charge is 0.337 e. The summed E-state index contributed by atoms with van der Waals surface area (Å²) in [5.74, 6) is 0.308. The van der Waals surface area contributed by atoms with Crippen LogP contribution in [0.3, 0.4) is 0 Å². The first kappa shape index (κ1) is 15.8. The molecule has 0 spiro atoms. The van der Waals surface area contributed by atoms with Crippen molar-refractivity contribution in [3.8, 4) is 0 Å². The van der Waals surface area contributed by atoms with E-state index in [1.165, 1.54) is 25.3 Å². The van der Waals surface area contributed by atoms with E-state index in [-0.39, 0.29) is 0 Å². The van der Waals surface area contributed by atoms with Crippen molar-refractivity contribution in [3.05, 3.63) is 48.2 Å². The van der Waals surface area contributed by atoms with E-state index in [1.54, 1.807) is 12.3 Å². The van der Waals surface area contributed by atoms with E-state index < -0.39 is 10.2 Å². The molecular weight excluding hydrogens is 312 g/mol. The lowest BCUT2D eigenvalue weighted by molar-refractivity contribution is 0.526. The molecule has 122 valence electrons. The van der Waals surface area contributed by atoms with Crippen molar-refractivity contribution in [3.63, 3.8) is 0 Å². The summed E-state index contributed by atoms with van der Waals surface area (Å²) < 4.78 is 27.2. The zero-order valence-corrected chi connectivity index (χ0v) is 14.2. The molecule has 1 atom stereocenters. The van der Waals surface area contributed by atoms with Crippen molar-refractivity contribution >= 4 is 27.4 Å². The van der Waals surface area contributed by atoms with Gasteiger partial charge in [0.2, 0.25) is 0 Å². The Balaban J connectivity index is 1.86. The summed E-state index contributed by atoms with van der Waals surface area (Å²) in [4.78, 5) is 6.47.